The molecule has 0 aliphatic rings. The van der Waals surface area contributed by atoms with Gasteiger partial charge in [-0.15, -0.1) is 6.58 Å². The number of hydrogen-bond donors (Lipinski definition) is 1. The van der Waals surface area contributed by atoms with E-state index < -0.39 is 0 Å². The van der Waals surface area contributed by atoms with Crippen molar-refractivity contribution in [2.75, 3.05) is 13.7 Å². The van der Waals surface area contributed by atoms with Crippen molar-refractivity contribution in [2.45, 2.75) is 25.6 Å². The van der Waals surface area contributed by atoms with Crippen molar-refractivity contribution in [2.24, 2.45) is 0 Å². The molecular weight excluding hydrogens is 310 g/mol. The van der Waals surface area contributed by atoms with E-state index >= 15 is 0 Å². The standard InChI is InChI=1S/C22H27NO2/c1-3-21(23-17-19-9-5-4-6-10-19)11-7-8-16-25-18-20-12-14-22(24-2)15-13-20/h3-7,9-15,21,23H,1,8,16-18H2,2H3/b11-7+. The van der Waals surface area contributed by atoms with Crippen molar-refractivity contribution in [3.63, 3.8) is 0 Å². The van der Waals surface area contributed by atoms with Gasteiger partial charge >= 0.3 is 0 Å². The molecule has 2 rings (SSSR count). The summed E-state index contributed by atoms with van der Waals surface area (Å²) in [6, 6.07) is 18.5. The van der Waals surface area contributed by atoms with Gasteiger partial charge in [-0.1, -0.05) is 60.7 Å². The lowest BCUT2D eigenvalue weighted by Crippen LogP contribution is -2.24. The van der Waals surface area contributed by atoms with Crippen LogP contribution < -0.4 is 10.1 Å². The summed E-state index contributed by atoms with van der Waals surface area (Å²) >= 11 is 0. The van der Waals surface area contributed by atoms with Crippen LogP contribution in [0.4, 0.5) is 0 Å². The van der Waals surface area contributed by atoms with Crippen LogP contribution in [-0.4, -0.2) is 19.8 Å². The highest BCUT2D eigenvalue weighted by Gasteiger charge is 1.99. The lowest BCUT2D eigenvalue weighted by Gasteiger charge is -2.10. The van der Waals surface area contributed by atoms with Gasteiger partial charge in [0.15, 0.2) is 0 Å². The maximum Gasteiger partial charge on any atom is 0.118 e. The molecule has 3 nitrogen and oxygen atoms in total. The van der Waals surface area contributed by atoms with Crippen LogP contribution in [0.25, 0.3) is 0 Å². The monoisotopic (exact) mass is 337 g/mol. The fourth-order valence-corrected chi connectivity index (χ4v) is 2.37. The molecule has 2 aromatic rings. The minimum absolute atomic E-state index is 0.168. The maximum absolute atomic E-state index is 5.70. The lowest BCUT2D eigenvalue weighted by atomic mass is 10.2. The number of rotatable bonds is 11. The van der Waals surface area contributed by atoms with Crippen molar-refractivity contribution in [1.29, 1.82) is 0 Å². The van der Waals surface area contributed by atoms with E-state index in [0.717, 1.165) is 24.3 Å². The zero-order valence-electron chi connectivity index (χ0n) is 14.9. The zero-order valence-corrected chi connectivity index (χ0v) is 14.9. The zero-order chi connectivity index (χ0) is 17.7. The third-order valence-corrected chi connectivity index (χ3v) is 3.84. The van der Waals surface area contributed by atoms with E-state index in [2.05, 4.69) is 48.3 Å². The van der Waals surface area contributed by atoms with E-state index in [4.69, 9.17) is 9.47 Å². The molecule has 0 fully saturated rings. The van der Waals surface area contributed by atoms with Gasteiger partial charge in [0.1, 0.15) is 5.75 Å². The summed E-state index contributed by atoms with van der Waals surface area (Å²) in [5.74, 6) is 0.866. The first-order valence-electron chi connectivity index (χ1n) is 8.59. The van der Waals surface area contributed by atoms with Crippen molar-refractivity contribution in [3.8, 4) is 5.75 Å². The van der Waals surface area contributed by atoms with Crippen LogP contribution in [0.5, 0.6) is 5.75 Å². The Hall–Kier alpha value is -2.36. The molecule has 2 aromatic carbocycles. The van der Waals surface area contributed by atoms with Crippen molar-refractivity contribution in [3.05, 3.63) is 90.5 Å². The van der Waals surface area contributed by atoms with E-state index in [1.807, 2.05) is 36.4 Å². The second-order valence-electron chi connectivity index (χ2n) is 5.75. The highest BCUT2D eigenvalue weighted by molar-refractivity contribution is 5.26. The molecule has 0 aliphatic carbocycles. The van der Waals surface area contributed by atoms with E-state index in [0.29, 0.717) is 13.2 Å². The Labute approximate surface area is 151 Å². The molecule has 0 saturated carbocycles. The summed E-state index contributed by atoms with van der Waals surface area (Å²) < 4.78 is 10.8. The van der Waals surface area contributed by atoms with Gasteiger partial charge in [0.05, 0.1) is 20.3 Å². The molecule has 3 heteroatoms. The molecule has 0 radical (unpaired) electrons. The summed E-state index contributed by atoms with van der Waals surface area (Å²) in [5, 5.41) is 3.46. The minimum atomic E-state index is 0.168. The molecule has 1 atom stereocenters. The van der Waals surface area contributed by atoms with Crippen LogP contribution in [0.2, 0.25) is 0 Å². The first-order chi connectivity index (χ1) is 12.3. The first kappa shape index (κ1) is 19.0. The maximum atomic E-state index is 5.70. The second-order valence-corrected chi connectivity index (χ2v) is 5.75. The largest absolute Gasteiger partial charge is 0.497 e. The van der Waals surface area contributed by atoms with Gasteiger partial charge < -0.3 is 14.8 Å². The molecular formula is C22H27NO2. The summed E-state index contributed by atoms with van der Waals surface area (Å²) in [6.07, 6.45) is 7.07. The fraction of sp³-hybridized carbons (Fsp3) is 0.273. The minimum Gasteiger partial charge on any atom is -0.497 e. The molecule has 0 aliphatic heterocycles. The Morgan fingerprint density at radius 2 is 1.80 bits per heavy atom. The van der Waals surface area contributed by atoms with Crippen LogP contribution in [-0.2, 0) is 17.9 Å². The van der Waals surface area contributed by atoms with Gasteiger partial charge in [-0.2, -0.15) is 0 Å². The van der Waals surface area contributed by atoms with E-state index in [1.54, 1.807) is 7.11 Å². The topological polar surface area (TPSA) is 30.5 Å². The summed E-state index contributed by atoms with van der Waals surface area (Å²) in [5.41, 5.74) is 2.42. The highest BCUT2D eigenvalue weighted by atomic mass is 16.5. The molecule has 0 heterocycles. The first-order valence-corrected chi connectivity index (χ1v) is 8.59. The smallest absolute Gasteiger partial charge is 0.118 e. The third kappa shape index (κ3) is 7.38. The van der Waals surface area contributed by atoms with Crippen LogP contribution in [0.15, 0.2) is 79.4 Å². The molecule has 0 aromatic heterocycles. The number of methoxy groups -OCH3 is 1. The fourth-order valence-electron chi connectivity index (χ4n) is 2.37. The highest BCUT2D eigenvalue weighted by Crippen LogP contribution is 2.12. The Morgan fingerprint density at radius 3 is 2.48 bits per heavy atom. The lowest BCUT2D eigenvalue weighted by molar-refractivity contribution is 0.125. The molecule has 1 N–H and O–H groups in total. The quantitative estimate of drug-likeness (QED) is 0.484. The van der Waals surface area contributed by atoms with Crippen LogP contribution in [0.1, 0.15) is 17.5 Å². The number of hydrogen-bond acceptors (Lipinski definition) is 3. The average molecular weight is 337 g/mol. The third-order valence-electron chi connectivity index (χ3n) is 3.84. The normalized spacial score (nSPS) is 12.2. The summed E-state index contributed by atoms with van der Waals surface area (Å²) in [4.78, 5) is 0. The van der Waals surface area contributed by atoms with Crippen LogP contribution >= 0.6 is 0 Å². The van der Waals surface area contributed by atoms with Crippen LogP contribution in [0.3, 0.4) is 0 Å². The van der Waals surface area contributed by atoms with Crippen molar-refractivity contribution in [1.82, 2.24) is 5.32 Å². The Kier molecular flexibility index (Phi) is 8.53. The Balaban J connectivity index is 1.62. The molecule has 0 saturated heterocycles. The molecule has 0 amide bonds. The van der Waals surface area contributed by atoms with E-state index in [1.165, 1.54) is 5.56 Å². The molecule has 0 spiro atoms. The summed E-state index contributed by atoms with van der Waals surface area (Å²) in [7, 11) is 1.67. The Bertz CT molecular complexity index is 635. The van der Waals surface area contributed by atoms with Gasteiger partial charge in [0, 0.05) is 12.6 Å². The second kappa shape index (κ2) is 11.2. The average Bonchev–Trinajstić information content (AvgIpc) is 2.68. The molecule has 1 unspecified atom stereocenters. The van der Waals surface area contributed by atoms with Gasteiger partial charge in [0.25, 0.3) is 0 Å². The van der Waals surface area contributed by atoms with Gasteiger partial charge in [-0.05, 0) is 29.7 Å². The van der Waals surface area contributed by atoms with Gasteiger partial charge in [0.2, 0.25) is 0 Å². The molecule has 25 heavy (non-hydrogen) atoms. The SMILES string of the molecule is C=CC(/C=C/CCOCc1ccc(OC)cc1)NCc1ccccc1. The summed E-state index contributed by atoms with van der Waals surface area (Å²) in [6.45, 7) is 6.04. The number of ether oxygens (including phenoxy) is 2. The Morgan fingerprint density at radius 1 is 1.04 bits per heavy atom. The predicted octanol–water partition coefficient (Wildman–Crippen LogP) is 4.50. The van der Waals surface area contributed by atoms with Gasteiger partial charge in [-0.3, -0.25) is 0 Å². The number of nitrogens with one attached hydrogen (secondary N) is 1. The van der Waals surface area contributed by atoms with Crippen molar-refractivity contribution < 1.29 is 9.47 Å². The number of benzene rings is 2. The predicted molar refractivity (Wildman–Crippen MR) is 104 cm³/mol. The van der Waals surface area contributed by atoms with E-state index in [-0.39, 0.29) is 6.04 Å². The molecule has 132 valence electrons. The molecule has 0 bridgehead atoms. The van der Waals surface area contributed by atoms with Gasteiger partial charge in [-0.25, -0.2) is 0 Å². The van der Waals surface area contributed by atoms with Crippen LogP contribution in [0, 0.1) is 0 Å². The van der Waals surface area contributed by atoms with E-state index in [9.17, 15) is 0 Å². The van der Waals surface area contributed by atoms with Crippen molar-refractivity contribution >= 4 is 0 Å².